The summed E-state index contributed by atoms with van der Waals surface area (Å²) in [6, 6.07) is 5.88. The molecule has 1 aliphatic heterocycles. The smallest absolute Gasteiger partial charge is 0.115 e. The number of hydrogen-bond donors (Lipinski definition) is 1. The third-order valence-corrected chi connectivity index (χ3v) is 2.98. The molecule has 0 fully saturated rings. The number of halogens is 1. The van der Waals surface area contributed by atoms with Gasteiger partial charge in [0.25, 0.3) is 0 Å². The van der Waals surface area contributed by atoms with Crippen LogP contribution in [-0.4, -0.2) is 12.6 Å². The highest BCUT2D eigenvalue weighted by atomic mass is 35.5. The van der Waals surface area contributed by atoms with Gasteiger partial charge < -0.3 is 10.1 Å². The van der Waals surface area contributed by atoms with Gasteiger partial charge in [0, 0.05) is 10.7 Å². The number of allylic oxidation sites excluding steroid dienone is 1. The van der Waals surface area contributed by atoms with Crippen molar-refractivity contribution in [3.63, 3.8) is 0 Å². The highest BCUT2D eigenvalue weighted by Gasteiger charge is 2.10. The van der Waals surface area contributed by atoms with E-state index in [-0.39, 0.29) is 6.10 Å². The van der Waals surface area contributed by atoms with E-state index in [9.17, 15) is 0 Å². The number of hydrogen-bond acceptors (Lipinski definition) is 2. The zero-order chi connectivity index (χ0) is 11.4. The van der Waals surface area contributed by atoms with Crippen molar-refractivity contribution in [2.24, 2.45) is 0 Å². The number of rotatable bonds is 3. The van der Waals surface area contributed by atoms with Gasteiger partial charge in [-0.2, -0.15) is 0 Å². The van der Waals surface area contributed by atoms with Crippen LogP contribution in [0.1, 0.15) is 18.4 Å². The fraction of sp³-hybridized carbons (Fsp3) is 0.385. The Labute approximate surface area is 101 Å². The molecule has 0 amide bonds. The summed E-state index contributed by atoms with van der Waals surface area (Å²) in [4.78, 5) is 0. The Bertz CT molecular complexity index is 390. The van der Waals surface area contributed by atoms with Gasteiger partial charge in [-0.3, -0.25) is 0 Å². The molecule has 1 aliphatic rings. The van der Waals surface area contributed by atoms with Crippen LogP contribution in [0.4, 0.5) is 5.69 Å². The number of aryl methyl sites for hydroxylation is 1. The van der Waals surface area contributed by atoms with Gasteiger partial charge >= 0.3 is 0 Å². The Balaban J connectivity index is 1.93. The summed E-state index contributed by atoms with van der Waals surface area (Å²) in [5, 5.41) is 4.14. The van der Waals surface area contributed by atoms with Crippen LogP contribution >= 0.6 is 11.6 Å². The SMILES string of the molecule is Cc1ccc(Cl)cc1NCC1CCC=CO1. The van der Waals surface area contributed by atoms with Gasteiger partial charge in [0.15, 0.2) is 0 Å². The Morgan fingerprint density at radius 3 is 3.12 bits per heavy atom. The van der Waals surface area contributed by atoms with E-state index in [0.29, 0.717) is 0 Å². The maximum absolute atomic E-state index is 5.96. The Morgan fingerprint density at radius 1 is 1.50 bits per heavy atom. The molecule has 3 heteroatoms. The molecule has 0 aliphatic carbocycles. The molecule has 0 spiro atoms. The van der Waals surface area contributed by atoms with Crippen molar-refractivity contribution in [1.82, 2.24) is 0 Å². The van der Waals surface area contributed by atoms with E-state index in [1.807, 2.05) is 18.2 Å². The van der Waals surface area contributed by atoms with Gasteiger partial charge in [0.1, 0.15) is 6.10 Å². The van der Waals surface area contributed by atoms with Crippen molar-refractivity contribution in [2.75, 3.05) is 11.9 Å². The molecule has 1 atom stereocenters. The summed E-state index contributed by atoms with van der Waals surface area (Å²) >= 11 is 5.96. The predicted molar refractivity (Wildman–Crippen MR) is 67.9 cm³/mol. The fourth-order valence-corrected chi connectivity index (χ4v) is 1.92. The fourth-order valence-electron chi connectivity index (χ4n) is 1.74. The van der Waals surface area contributed by atoms with Crippen molar-refractivity contribution in [3.8, 4) is 0 Å². The van der Waals surface area contributed by atoms with E-state index >= 15 is 0 Å². The van der Waals surface area contributed by atoms with Crippen molar-refractivity contribution in [1.29, 1.82) is 0 Å². The molecule has 0 bridgehead atoms. The molecule has 1 aromatic rings. The first-order chi connectivity index (χ1) is 7.75. The van der Waals surface area contributed by atoms with E-state index in [1.165, 1.54) is 5.56 Å². The van der Waals surface area contributed by atoms with Crippen molar-refractivity contribution < 1.29 is 4.74 Å². The van der Waals surface area contributed by atoms with E-state index in [4.69, 9.17) is 16.3 Å². The normalized spacial score (nSPS) is 19.2. The summed E-state index contributed by atoms with van der Waals surface area (Å²) < 4.78 is 5.49. The third kappa shape index (κ3) is 2.92. The van der Waals surface area contributed by atoms with Crippen LogP contribution in [0.15, 0.2) is 30.5 Å². The molecule has 1 N–H and O–H groups in total. The molecule has 0 saturated carbocycles. The van der Waals surface area contributed by atoms with E-state index in [2.05, 4.69) is 18.3 Å². The minimum absolute atomic E-state index is 0.267. The first-order valence-corrected chi connectivity index (χ1v) is 5.94. The largest absolute Gasteiger partial charge is 0.497 e. The molecule has 86 valence electrons. The third-order valence-electron chi connectivity index (χ3n) is 2.74. The summed E-state index contributed by atoms with van der Waals surface area (Å²) in [5.74, 6) is 0. The molecule has 0 aromatic heterocycles. The van der Waals surface area contributed by atoms with Crippen LogP contribution in [0, 0.1) is 6.92 Å². The maximum Gasteiger partial charge on any atom is 0.115 e. The summed E-state index contributed by atoms with van der Waals surface area (Å²) in [6.45, 7) is 2.89. The van der Waals surface area contributed by atoms with Crippen LogP contribution in [0.2, 0.25) is 5.02 Å². The van der Waals surface area contributed by atoms with E-state index in [1.54, 1.807) is 6.26 Å². The lowest BCUT2D eigenvalue weighted by Gasteiger charge is -2.21. The first-order valence-electron chi connectivity index (χ1n) is 5.56. The van der Waals surface area contributed by atoms with Gasteiger partial charge in [-0.25, -0.2) is 0 Å². The average molecular weight is 238 g/mol. The lowest BCUT2D eigenvalue weighted by atomic mass is 10.1. The Hall–Kier alpha value is -1.15. The number of ether oxygens (including phenoxy) is 1. The molecule has 1 unspecified atom stereocenters. The summed E-state index contributed by atoms with van der Waals surface area (Å²) in [5.41, 5.74) is 2.29. The monoisotopic (exact) mass is 237 g/mol. The van der Waals surface area contributed by atoms with Crippen LogP contribution in [-0.2, 0) is 4.74 Å². The molecule has 2 rings (SSSR count). The lowest BCUT2D eigenvalue weighted by Crippen LogP contribution is -2.23. The van der Waals surface area contributed by atoms with Gasteiger partial charge in [-0.05, 0) is 43.5 Å². The van der Waals surface area contributed by atoms with Gasteiger partial charge in [0.2, 0.25) is 0 Å². The summed E-state index contributed by atoms with van der Waals surface area (Å²) in [7, 11) is 0. The topological polar surface area (TPSA) is 21.3 Å². The number of anilines is 1. The molecule has 2 nitrogen and oxygen atoms in total. The second-order valence-corrected chi connectivity index (χ2v) is 4.48. The van der Waals surface area contributed by atoms with Crippen LogP contribution < -0.4 is 5.32 Å². The number of benzene rings is 1. The van der Waals surface area contributed by atoms with Gasteiger partial charge in [-0.15, -0.1) is 0 Å². The second kappa shape index (κ2) is 5.26. The van der Waals surface area contributed by atoms with Crippen LogP contribution in [0.5, 0.6) is 0 Å². The predicted octanol–water partition coefficient (Wildman–Crippen LogP) is 3.75. The minimum atomic E-state index is 0.267. The molecule has 1 aromatic carbocycles. The number of nitrogens with one attached hydrogen (secondary N) is 1. The van der Waals surface area contributed by atoms with Gasteiger partial charge in [-0.1, -0.05) is 17.7 Å². The second-order valence-electron chi connectivity index (χ2n) is 4.05. The highest BCUT2D eigenvalue weighted by Crippen LogP contribution is 2.21. The lowest BCUT2D eigenvalue weighted by molar-refractivity contribution is 0.135. The standard InChI is InChI=1S/C13H16ClNO/c1-10-5-6-11(14)8-13(10)15-9-12-4-2-3-7-16-12/h3,5-8,12,15H,2,4,9H2,1H3. The zero-order valence-electron chi connectivity index (χ0n) is 9.37. The molecular formula is C13H16ClNO. The molecule has 0 radical (unpaired) electrons. The van der Waals surface area contributed by atoms with Crippen molar-refractivity contribution in [3.05, 3.63) is 41.1 Å². The zero-order valence-corrected chi connectivity index (χ0v) is 10.1. The Morgan fingerprint density at radius 2 is 2.38 bits per heavy atom. The summed E-state index contributed by atoms with van der Waals surface area (Å²) in [6.07, 6.45) is 6.29. The Kier molecular flexibility index (Phi) is 3.73. The minimum Gasteiger partial charge on any atom is -0.497 e. The van der Waals surface area contributed by atoms with E-state index < -0.39 is 0 Å². The van der Waals surface area contributed by atoms with E-state index in [0.717, 1.165) is 30.1 Å². The maximum atomic E-state index is 5.96. The molecule has 1 heterocycles. The van der Waals surface area contributed by atoms with Gasteiger partial charge in [0.05, 0.1) is 12.8 Å². The van der Waals surface area contributed by atoms with Crippen molar-refractivity contribution in [2.45, 2.75) is 25.9 Å². The molecule has 0 saturated heterocycles. The molecular weight excluding hydrogens is 222 g/mol. The first kappa shape index (κ1) is 11.3. The quantitative estimate of drug-likeness (QED) is 0.865. The van der Waals surface area contributed by atoms with Crippen LogP contribution in [0.25, 0.3) is 0 Å². The van der Waals surface area contributed by atoms with Crippen LogP contribution in [0.3, 0.4) is 0 Å². The highest BCUT2D eigenvalue weighted by molar-refractivity contribution is 6.30. The average Bonchev–Trinajstić information content (AvgIpc) is 2.32. The van der Waals surface area contributed by atoms with Crippen molar-refractivity contribution >= 4 is 17.3 Å². The molecule has 16 heavy (non-hydrogen) atoms.